The van der Waals surface area contributed by atoms with Crippen molar-refractivity contribution in [3.63, 3.8) is 0 Å². The van der Waals surface area contributed by atoms with Crippen LogP contribution in [0.1, 0.15) is 51.2 Å². The van der Waals surface area contributed by atoms with E-state index in [0.717, 1.165) is 16.7 Å². The minimum absolute atomic E-state index is 0.176. The van der Waals surface area contributed by atoms with Crippen molar-refractivity contribution >= 4 is 35.2 Å². The normalized spacial score (nSPS) is 21.2. The lowest BCUT2D eigenvalue weighted by Crippen LogP contribution is -2.57. The van der Waals surface area contributed by atoms with E-state index in [1.165, 1.54) is 0 Å². The molecular weight excluding hydrogens is 618 g/mol. The summed E-state index contributed by atoms with van der Waals surface area (Å²) in [5.41, 5.74) is 2.65. The molecule has 1 fully saturated rings. The first kappa shape index (κ1) is 35.5. The number of nitrogens with one attached hydrogen (secondary N) is 4. The van der Waals surface area contributed by atoms with Crippen molar-refractivity contribution < 1.29 is 19.2 Å². The smallest absolute Gasteiger partial charge is 0.243 e. The number of nitrogens with zero attached hydrogens (tertiary/aromatic N) is 3. The number of aromatic nitrogens is 2. The molecule has 2 heterocycles. The van der Waals surface area contributed by atoms with E-state index in [-0.39, 0.29) is 30.6 Å². The van der Waals surface area contributed by atoms with E-state index in [4.69, 9.17) is 11.6 Å². The molecule has 3 atom stereocenters. The summed E-state index contributed by atoms with van der Waals surface area (Å²) in [6, 6.07) is 14.2. The van der Waals surface area contributed by atoms with Gasteiger partial charge in [-0.1, -0.05) is 55.8 Å². The monoisotopic (exact) mass is 661 g/mol. The van der Waals surface area contributed by atoms with Gasteiger partial charge in [-0.3, -0.25) is 24.1 Å². The van der Waals surface area contributed by atoms with Gasteiger partial charge in [0.25, 0.3) is 0 Å². The Morgan fingerprint density at radius 2 is 1.51 bits per heavy atom. The molecular formula is C35H44ClN7O4. The zero-order chi connectivity index (χ0) is 33.8. The van der Waals surface area contributed by atoms with E-state index < -0.39 is 29.9 Å². The van der Waals surface area contributed by atoms with Crippen molar-refractivity contribution in [3.05, 3.63) is 83.1 Å². The fourth-order valence-corrected chi connectivity index (χ4v) is 5.44. The highest BCUT2D eigenvalue weighted by Crippen LogP contribution is 2.18. The van der Waals surface area contributed by atoms with E-state index in [0.29, 0.717) is 49.9 Å². The second-order valence-corrected chi connectivity index (χ2v) is 12.7. The zero-order valence-corrected chi connectivity index (χ0v) is 27.9. The van der Waals surface area contributed by atoms with Crippen LogP contribution in [-0.2, 0) is 32.1 Å². The third kappa shape index (κ3) is 11.1. The average Bonchev–Trinajstić information content (AvgIpc) is 3.05. The van der Waals surface area contributed by atoms with Gasteiger partial charge in [-0.05, 0) is 62.1 Å². The van der Waals surface area contributed by atoms with Crippen molar-refractivity contribution in [2.75, 3.05) is 19.6 Å². The second-order valence-electron chi connectivity index (χ2n) is 12.2. The average molecular weight is 662 g/mol. The molecule has 0 saturated carbocycles. The Labute approximate surface area is 281 Å². The van der Waals surface area contributed by atoms with Gasteiger partial charge in [-0.25, -0.2) is 9.97 Å². The van der Waals surface area contributed by atoms with Gasteiger partial charge >= 0.3 is 0 Å². The van der Waals surface area contributed by atoms with Crippen LogP contribution in [0.3, 0.4) is 0 Å². The molecule has 11 nitrogen and oxygen atoms in total. The maximum Gasteiger partial charge on any atom is 0.243 e. The van der Waals surface area contributed by atoms with E-state index in [9.17, 15) is 19.2 Å². The minimum atomic E-state index is -0.914. The topological polar surface area (TPSA) is 145 Å². The van der Waals surface area contributed by atoms with Crippen LogP contribution < -0.4 is 21.3 Å². The summed E-state index contributed by atoms with van der Waals surface area (Å²) in [5.74, 6) is -1.06. The van der Waals surface area contributed by atoms with Crippen molar-refractivity contribution in [1.82, 2.24) is 36.1 Å². The maximum absolute atomic E-state index is 13.4. The molecule has 0 bridgehead atoms. The molecule has 1 aliphatic heterocycles. The number of benzene rings is 2. The lowest BCUT2D eigenvalue weighted by molar-refractivity contribution is -0.134. The van der Waals surface area contributed by atoms with Crippen LogP contribution in [0.25, 0.3) is 11.4 Å². The Kier molecular flexibility index (Phi) is 13.2. The fraction of sp³-hybridized carbons (Fsp3) is 0.429. The summed E-state index contributed by atoms with van der Waals surface area (Å²) in [4.78, 5) is 63.9. The SMILES string of the molecule is CC(C)[C@H]1NC(=O)[C@@H](C)NC(=O)[C@H](Cc2ccccc2)NC(=O)CCCN(Cc2cnc(-c3ccc(Cl)cc3)nc2)CCCNC1=O. The number of carbonyl (C=O) groups is 4. The number of amides is 4. The van der Waals surface area contributed by atoms with Gasteiger partial charge in [-0.2, -0.15) is 0 Å². The summed E-state index contributed by atoms with van der Waals surface area (Å²) in [6.45, 7) is 7.49. The van der Waals surface area contributed by atoms with Crippen molar-refractivity contribution in [1.29, 1.82) is 0 Å². The van der Waals surface area contributed by atoms with Crippen LogP contribution in [0.4, 0.5) is 0 Å². The minimum Gasteiger partial charge on any atom is -0.354 e. The first-order valence-electron chi connectivity index (χ1n) is 16.1. The number of halogens is 1. The molecule has 0 unspecified atom stereocenters. The van der Waals surface area contributed by atoms with Gasteiger partial charge in [0.05, 0.1) is 0 Å². The van der Waals surface area contributed by atoms with Gasteiger partial charge < -0.3 is 21.3 Å². The largest absolute Gasteiger partial charge is 0.354 e. The van der Waals surface area contributed by atoms with Crippen LogP contribution in [0, 0.1) is 5.92 Å². The fourth-order valence-electron chi connectivity index (χ4n) is 5.32. The third-order valence-electron chi connectivity index (χ3n) is 7.98. The van der Waals surface area contributed by atoms with Crippen LogP contribution in [0.15, 0.2) is 67.0 Å². The number of hydrogen-bond donors (Lipinski definition) is 4. The summed E-state index contributed by atoms with van der Waals surface area (Å²) in [5, 5.41) is 12.0. The zero-order valence-electron chi connectivity index (χ0n) is 27.2. The van der Waals surface area contributed by atoms with Crippen LogP contribution in [0.5, 0.6) is 0 Å². The molecule has 12 heteroatoms. The van der Waals surface area contributed by atoms with Crippen LogP contribution >= 0.6 is 11.6 Å². The molecule has 2 aromatic carbocycles. The molecule has 1 saturated heterocycles. The van der Waals surface area contributed by atoms with Crippen molar-refractivity contribution in [2.45, 2.75) is 71.1 Å². The molecule has 0 radical (unpaired) electrons. The van der Waals surface area contributed by atoms with Gasteiger partial charge in [0.2, 0.25) is 23.6 Å². The molecule has 4 N–H and O–H groups in total. The molecule has 3 aromatic rings. The highest BCUT2D eigenvalue weighted by molar-refractivity contribution is 6.30. The van der Waals surface area contributed by atoms with Crippen molar-refractivity contribution in [2.24, 2.45) is 5.92 Å². The van der Waals surface area contributed by atoms with Gasteiger partial charge in [0, 0.05) is 61.0 Å². The Morgan fingerprint density at radius 1 is 0.830 bits per heavy atom. The number of hydrogen-bond acceptors (Lipinski definition) is 7. The van der Waals surface area contributed by atoms with Gasteiger partial charge in [-0.15, -0.1) is 0 Å². The Balaban J connectivity index is 1.49. The Hall–Kier alpha value is -4.35. The number of carbonyl (C=O) groups excluding carboxylic acids is 4. The molecule has 1 aromatic heterocycles. The van der Waals surface area contributed by atoms with Crippen LogP contribution in [-0.4, -0.2) is 76.3 Å². The summed E-state index contributed by atoms with van der Waals surface area (Å²) >= 11 is 6.01. The van der Waals surface area contributed by atoms with Crippen LogP contribution in [0.2, 0.25) is 5.02 Å². The molecule has 1 aliphatic rings. The Bertz CT molecular complexity index is 1490. The summed E-state index contributed by atoms with van der Waals surface area (Å²) in [7, 11) is 0. The molecule has 250 valence electrons. The first-order chi connectivity index (χ1) is 22.6. The Morgan fingerprint density at radius 3 is 2.19 bits per heavy atom. The number of rotatable bonds is 6. The molecule has 4 rings (SSSR count). The first-order valence-corrected chi connectivity index (χ1v) is 16.5. The van der Waals surface area contributed by atoms with Crippen molar-refractivity contribution in [3.8, 4) is 11.4 Å². The highest BCUT2D eigenvalue weighted by atomic mass is 35.5. The quantitative estimate of drug-likeness (QED) is 0.317. The third-order valence-corrected chi connectivity index (χ3v) is 8.23. The highest BCUT2D eigenvalue weighted by Gasteiger charge is 2.29. The maximum atomic E-state index is 13.4. The summed E-state index contributed by atoms with van der Waals surface area (Å²) < 4.78 is 0. The van der Waals surface area contributed by atoms with E-state index >= 15 is 0 Å². The van der Waals surface area contributed by atoms with Gasteiger partial charge in [0.15, 0.2) is 5.82 Å². The predicted molar refractivity (Wildman–Crippen MR) is 181 cm³/mol. The standard InChI is InChI=1S/C35H44ClN7O4/c1-23(2)31-35(47)37-16-8-18-43(22-26-20-38-32(39-21-26)27-12-14-28(36)15-13-27)17-7-11-30(44)41-29(19-25-9-5-4-6-10-25)34(46)40-24(3)33(45)42-31/h4-6,9-10,12-15,20-21,23-24,29,31H,7-8,11,16-19,22H2,1-3H3,(H,37,47)(H,40,46)(H,41,44)(H,42,45)/t24-,29+,31-/m1/s1. The molecule has 47 heavy (non-hydrogen) atoms. The van der Waals surface area contributed by atoms with Gasteiger partial charge in [0.1, 0.15) is 18.1 Å². The molecule has 4 amide bonds. The molecule has 0 spiro atoms. The van der Waals surface area contributed by atoms with E-state index in [1.807, 2.05) is 56.3 Å². The second kappa shape index (κ2) is 17.5. The summed E-state index contributed by atoms with van der Waals surface area (Å²) in [6.07, 6.45) is 5.27. The molecule has 0 aliphatic carbocycles. The predicted octanol–water partition coefficient (Wildman–Crippen LogP) is 3.27. The van der Waals surface area contributed by atoms with E-state index in [2.05, 4.69) is 36.1 Å². The van der Waals surface area contributed by atoms with E-state index in [1.54, 1.807) is 31.5 Å². The lowest BCUT2D eigenvalue weighted by atomic mass is 10.0. The lowest BCUT2D eigenvalue weighted by Gasteiger charge is -2.26.